The summed E-state index contributed by atoms with van der Waals surface area (Å²) in [5, 5.41) is 3.38. The number of imidazole rings is 1. The van der Waals surface area contributed by atoms with Crippen molar-refractivity contribution in [1.29, 1.82) is 0 Å². The molecule has 0 aromatic carbocycles. The summed E-state index contributed by atoms with van der Waals surface area (Å²) in [5.41, 5.74) is 0. The predicted octanol–water partition coefficient (Wildman–Crippen LogP) is 2.24. The first-order chi connectivity index (χ1) is 8.76. The quantitative estimate of drug-likeness (QED) is 0.733. The number of nitrogens with one attached hydrogen (secondary N) is 1. The molecule has 1 heterocycles. The van der Waals surface area contributed by atoms with E-state index in [0.717, 1.165) is 38.2 Å². The van der Waals surface area contributed by atoms with Crippen LogP contribution in [0.3, 0.4) is 0 Å². The molecule has 4 heteroatoms. The number of hydrogen-bond acceptors (Lipinski definition) is 3. The summed E-state index contributed by atoms with van der Waals surface area (Å²) in [6.45, 7) is 8.14. The smallest absolute Gasteiger partial charge is 0.110 e. The first-order valence-electron chi connectivity index (χ1n) is 7.05. The van der Waals surface area contributed by atoms with Crippen molar-refractivity contribution in [2.45, 2.75) is 58.7 Å². The third-order valence-corrected chi connectivity index (χ3v) is 3.32. The molecule has 1 rings (SSSR count). The molecule has 1 aromatic heterocycles. The van der Waals surface area contributed by atoms with Crippen LogP contribution in [0.1, 0.15) is 39.4 Å². The Bertz CT molecular complexity index is 319. The molecule has 0 spiro atoms. The third kappa shape index (κ3) is 4.10. The molecule has 0 aliphatic rings. The Kier molecular flexibility index (Phi) is 6.98. The zero-order chi connectivity index (χ0) is 13.4. The van der Waals surface area contributed by atoms with Crippen LogP contribution < -0.4 is 5.32 Å². The lowest BCUT2D eigenvalue weighted by Crippen LogP contribution is -2.41. The van der Waals surface area contributed by atoms with E-state index in [4.69, 9.17) is 4.74 Å². The summed E-state index contributed by atoms with van der Waals surface area (Å²) in [4.78, 5) is 4.44. The van der Waals surface area contributed by atoms with E-state index in [0.29, 0.717) is 6.04 Å². The molecule has 104 valence electrons. The number of hydrogen-bond donors (Lipinski definition) is 1. The standard InChI is InChI=1S/C14H27N3O/c1-5-8-13(18-7-3)12(15-4)11-14-16-9-10-17(14)6-2/h9-10,12-13,15H,5-8,11H2,1-4H3. The van der Waals surface area contributed by atoms with Gasteiger partial charge in [0.1, 0.15) is 5.82 Å². The van der Waals surface area contributed by atoms with Gasteiger partial charge in [0.15, 0.2) is 0 Å². The SMILES string of the molecule is CCCC(OCC)C(Cc1nccn1CC)NC. The van der Waals surface area contributed by atoms with E-state index in [1.165, 1.54) is 0 Å². The average molecular weight is 253 g/mol. The minimum Gasteiger partial charge on any atom is -0.377 e. The molecule has 2 atom stereocenters. The molecule has 0 aliphatic heterocycles. The van der Waals surface area contributed by atoms with E-state index >= 15 is 0 Å². The average Bonchev–Trinajstić information content (AvgIpc) is 2.83. The second kappa shape index (κ2) is 8.27. The van der Waals surface area contributed by atoms with Crippen LogP contribution in [-0.4, -0.2) is 35.4 Å². The molecular formula is C14H27N3O. The minimum absolute atomic E-state index is 0.270. The van der Waals surface area contributed by atoms with E-state index < -0.39 is 0 Å². The van der Waals surface area contributed by atoms with Gasteiger partial charge in [-0.05, 0) is 27.3 Å². The Morgan fingerprint density at radius 1 is 1.39 bits per heavy atom. The van der Waals surface area contributed by atoms with Crippen molar-refractivity contribution in [2.24, 2.45) is 0 Å². The minimum atomic E-state index is 0.270. The highest BCUT2D eigenvalue weighted by molar-refractivity contribution is 4.97. The van der Waals surface area contributed by atoms with Gasteiger partial charge in [-0.15, -0.1) is 0 Å². The van der Waals surface area contributed by atoms with Gasteiger partial charge in [0.05, 0.1) is 6.10 Å². The van der Waals surface area contributed by atoms with Crippen LogP contribution in [0.15, 0.2) is 12.4 Å². The summed E-state index contributed by atoms with van der Waals surface area (Å²) in [6, 6.07) is 0.331. The van der Waals surface area contributed by atoms with Crippen LogP contribution in [0.25, 0.3) is 0 Å². The maximum Gasteiger partial charge on any atom is 0.110 e. The van der Waals surface area contributed by atoms with Gasteiger partial charge in [0.25, 0.3) is 0 Å². The second-order valence-corrected chi connectivity index (χ2v) is 4.51. The number of ether oxygens (including phenoxy) is 1. The molecule has 1 N–H and O–H groups in total. The van der Waals surface area contributed by atoms with Crippen LogP contribution in [0, 0.1) is 0 Å². The van der Waals surface area contributed by atoms with Crippen LogP contribution in [0.5, 0.6) is 0 Å². The monoisotopic (exact) mass is 253 g/mol. The van der Waals surface area contributed by atoms with Gasteiger partial charge in [-0.1, -0.05) is 13.3 Å². The number of likely N-dealkylation sites (N-methyl/N-ethyl adjacent to an activating group) is 1. The van der Waals surface area contributed by atoms with Gasteiger partial charge < -0.3 is 14.6 Å². The van der Waals surface area contributed by atoms with Gasteiger partial charge in [-0.25, -0.2) is 4.98 Å². The van der Waals surface area contributed by atoms with E-state index in [9.17, 15) is 0 Å². The maximum atomic E-state index is 5.86. The zero-order valence-electron chi connectivity index (χ0n) is 12.1. The Balaban J connectivity index is 2.69. The summed E-state index contributed by atoms with van der Waals surface area (Å²) in [6.07, 6.45) is 7.34. The highest BCUT2D eigenvalue weighted by Crippen LogP contribution is 2.12. The van der Waals surface area contributed by atoms with Crippen molar-refractivity contribution in [3.8, 4) is 0 Å². The summed E-state index contributed by atoms with van der Waals surface area (Å²) in [5.74, 6) is 1.14. The fraction of sp³-hybridized carbons (Fsp3) is 0.786. The van der Waals surface area contributed by atoms with Crippen molar-refractivity contribution in [3.05, 3.63) is 18.2 Å². The Morgan fingerprint density at radius 3 is 2.72 bits per heavy atom. The van der Waals surface area contributed by atoms with Gasteiger partial charge in [-0.2, -0.15) is 0 Å². The van der Waals surface area contributed by atoms with Crippen molar-refractivity contribution < 1.29 is 4.74 Å². The molecule has 1 aromatic rings. The fourth-order valence-corrected chi connectivity index (χ4v) is 2.33. The molecule has 0 aliphatic carbocycles. The first-order valence-corrected chi connectivity index (χ1v) is 7.05. The molecule has 0 amide bonds. The highest BCUT2D eigenvalue weighted by Gasteiger charge is 2.21. The molecular weight excluding hydrogens is 226 g/mol. The van der Waals surface area contributed by atoms with Gasteiger partial charge >= 0.3 is 0 Å². The molecule has 4 nitrogen and oxygen atoms in total. The molecule has 0 bridgehead atoms. The first kappa shape index (κ1) is 15.2. The molecule has 0 saturated carbocycles. The second-order valence-electron chi connectivity index (χ2n) is 4.51. The molecule has 18 heavy (non-hydrogen) atoms. The van der Waals surface area contributed by atoms with Gasteiger partial charge in [-0.3, -0.25) is 0 Å². The number of rotatable bonds is 9. The van der Waals surface area contributed by atoms with E-state index in [1.807, 2.05) is 19.4 Å². The largest absolute Gasteiger partial charge is 0.377 e. The maximum absolute atomic E-state index is 5.86. The summed E-state index contributed by atoms with van der Waals surface area (Å²) in [7, 11) is 2.01. The Labute approximate surface area is 111 Å². The molecule has 0 saturated heterocycles. The molecule has 2 unspecified atom stereocenters. The Morgan fingerprint density at radius 2 is 2.17 bits per heavy atom. The predicted molar refractivity (Wildman–Crippen MR) is 74.8 cm³/mol. The zero-order valence-corrected chi connectivity index (χ0v) is 12.1. The highest BCUT2D eigenvalue weighted by atomic mass is 16.5. The van der Waals surface area contributed by atoms with Crippen molar-refractivity contribution in [1.82, 2.24) is 14.9 Å². The summed E-state index contributed by atoms with van der Waals surface area (Å²) < 4.78 is 8.05. The van der Waals surface area contributed by atoms with Gasteiger partial charge in [0, 0.05) is 38.0 Å². The van der Waals surface area contributed by atoms with Crippen molar-refractivity contribution >= 4 is 0 Å². The normalized spacial score (nSPS) is 14.7. The topological polar surface area (TPSA) is 39.1 Å². The fourth-order valence-electron chi connectivity index (χ4n) is 2.33. The van der Waals surface area contributed by atoms with E-state index in [2.05, 4.69) is 35.6 Å². The lowest BCUT2D eigenvalue weighted by atomic mass is 10.0. The van der Waals surface area contributed by atoms with E-state index in [-0.39, 0.29) is 6.10 Å². The van der Waals surface area contributed by atoms with Crippen molar-refractivity contribution in [2.75, 3.05) is 13.7 Å². The van der Waals surface area contributed by atoms with Crippen LogP contribution in [-0.2, 0) is 17.7 Å². The third-order valence-electron chi connectivity index (χ3n) is 3.32. The van der Waals surface area contributed by atoms with Gasteiger partial charge in [0.2, 0.25) is 0 Å². The number of aromatic nitrogens is 2. The lowest BCUT2D eigenvalue weighted by molar-refractivity contribution is 0.0294. The number of nitrogens with zero attached hydrogens (tertiary/aromatic N) is 2. The van der Waals surface area contributed by atoms with Crippen LogP contribution in [0.2, 0.25) is 0 Å². The molecule has 0 fully saturated rings. The van der Waals surface area contributed by atoms with Crippen LogP contribution in [0.4, 0.5) is 0 Å². The van der Waals surface area contributed by atoms with Crippen molar-refractivity contribution in [3.63, 3.8) is 0 Å². The van der Waals surface area contributed by atoms with E-state index in [1.54, 1.807) is 0 Å². The summed E-state index contributed by atoms with van der Waals surface area (Å²) >= 11 is 0. The molecule has 0 radical (unpaired) electrons. The lowest BCUT2D eigenvalue weighted by Gasteiger charge is -2.26. The number of aryl methyl sites for hydroxylation is 1. The van der Waals surface area contributed by atoms with Crippen LogP contribution >= 0.6 is 0 Å². The Hall–Kier alpha value is -0.870.